The highest BCUT2D eigenvalue weighted by Gasteiger charge is 2.19. The van der Waals surface area contributed by atoms with E-state index in [2.05, 4.69) is 42.2 Å². The first-order valence-corrected chi connectivity index (χ1v) is 8.67. The second kappa shape index (κ2) is 6.09. The van der Waals surface area contributed by atoms with E-state index >= 15 is 0 Å². The fraction of sp³-hybridized carbons (Fsp3) is 0.176. The van der Waals surface area contributed by atoms with Crippen LogP contribution in [0.25, 0.3) is 5.65 Å². The van der Waals surface area contributed by atoms with Gasteiger partial charge in [0.15, 0.2) is 0 Å². The molecule has 0 unspecified atom stereocenters. The zero-order valence-corrected chi connectivity index (χ0v) is 16.1. The number of nitrogens with zero attached hydrogens (tertiary/aromatic N) is 2. The van der Waals surface area contributed by atoms with Gasteiger partial charge in [-0.3, -0.25) is 9.20 Å². The van der Waals surface area contributed by atoms with Crippen LogP contribution in [-0.4, -0.2) is 15.3 Å². The van der Waals surface area contributed by atoms with Crippen molar-refractivity contribution in [1.29, 1.82) is 0 Å². The van der Waals surface area contributed by atoms with Gasteiger partial charge in [0.1, 0.15) is 11.3 Å². The largest absolute Gasteiger partial charge is 0.320 e. The molecule has 0 fully saturated rings. The molecule has 6 heteroatoms. The molecule has 0 saturated heterocycles. The lowest BCUT2D eigenvalue weighted by Crippen LogP contribution is -2.16. The molecule has 2 aromatic heterocycles. The van der Waals surface area contributed by atoms with E-state index in [-0.39, 0.29) is 5.91 Å². The zero-order chi connectivity index (χ0) is 16.7. The van der Waals surface area contributed by atoms with Crippen molar-refractivity contribution in [3.8, 4) is 0 Å². The van der Waals surface area contributed by atoms with Gasteiger partial charge in [-0.2, -0.15) is 0 Å². The number of hydrogen-bond donors (Lipinski definition) is 1. The molecule has 0 bridgehead atoms. The maximum atomic E-state index is 12.8. The van der Waals surface area contributed by atoms with Crippen LogP contribution >= 0.6 is 31.9 Å². The fourth-order valence-corrected chi connectivity index (χ4v) is 3.70. The Morgan fingerprint density at radius 1 is 1.17 bits per heavy atom. The fourth-order valence-electron chi connectivity index (χ4n) is 2.56. The van der Waals surface area contributed by atoms with Gasteiger partial charge in [-0.1, -0.05) is 6.07 Å². The number of hydrogen-bond acceptors (Lipinski definition) is 2. The SMILES string of the molecule is Cc1ccc(NC(=O)c2c(C)nc3c(C)cc(Br)cn23)c(Br)c1. The summed E-state index contributed by atoms with van der Waals surface area (Å²) in [6.07, 6.45) is 1.86. The Bertz CT molecular complexity index is 931. The molecule has 0 aliphatic heterocycles. The number of benzene rings is 1. The van der Waals surface area contributed by atoms with Gasteiger partial charge in [-0.05, 0) is 82.0 Å². The summed E-state index contributed by atoms with van der Waals surface area (Å²) in [7, 11) is 0. The van der Waals surface area contributed by atoms with Crippen LogP contribution in [0.2, 0.25) is 0 Å². The van der Waals surface area contributed by atoms with Crippen molar-refractivity contribution in [1.82, 2.24) is 9.38 Å². The molecule has 3 aromatic rings. The Kier molecular flexibility index (Phi) is 4.29. The highest BCUT2D eigenvalue weighted by molar-refractivity contribution is 9.10. The monoisotopic (exact) mass is 435 g/mol. The van der Waals surface area contributed by atoms with Gasteiger partial charge in [0.2, 0.25) is 0 Å². The molecule has 0 aliphatic rings. The molecular formula is C17H15Br2N3O. The lowest BCUT2D eigenvalue weighted by atomic mass is 10.2. The number of aromatic nitrogens is 2. The van der Waals surface area contributed by atoms with Crippen molar-refractivity contribution in [3.05, 3.63) is 61.9 Å². The van der Waals surface area contributed by atoms with Crippen LogP contribution in [0, 0.1) is 20.8 Å². The average molecular weight is 437 g/mol. The number of aryl methyl sites for hydroxylation is 3. The number of fused-ring (bicyclic) bond motifs is 1. The summed E-state index contributed by atoms with van der Waals surface area (Å²) >= 11 is 6.96. The maximum Gasteiger partial charge on any atom is 0.274 e. The second-order valence-corrected chi connectivity index (χ2v) is 7.29. The van der Waals surface area contributed by atoms with E-state index in [9.17, 15) is 4.79 Å². The van der Waals surface area contributed by atoms with Gasteiger partial charge in [-0.25, -0.2) is 4.98 Å². The summed E-state index contributed by atoms with van der Waals surface area (Å²) in [5.74, 6) is -0.183. The minimum Gasteiger partial charge on any atom is -0.320 e. The molecule has 0 aliphatic carbocycles. The van der Waals surface area contributed by atoms with E-state index in [1.807, 2.05) is 55.6 Å². The standard InChI is InChI=1S/C17H15Br2N3O/c1-9-4-5-14(13(19)6-9)21-17(23)15-11(3)20-16-10(2)7-12(18)8-22(15)16/h4-8H,1-3H3,(H,21,23). The number of carbonyl (C=O) groups excluding carboxylic acids is 1. The number of halogens is 2. The number of rotatable bonds is 2. The summed E-state index contributed by atoms with van der Waals surface area (Å²) < 4.78 is 3.59. The molecule has 0 spiro atoms. The molecule has 2 heterocycles. The van der Waals surface area contributed by atoms with Crippen molar-refractivity contribution in [3.63, 3.8) is 0 Å². The molecular weight excluding hydrogens is 422 g/mol. The number of imidazole rings is 1. The van der Waals surface area contributed by atoms with Crippen LogP contribution in [0.1, 0.15) is 27.3 Å². The lowest BCUT2D eigenvalue weighted by molar-refractivity contribution is 0.102. The Labute approximate surface area is 151 Å². The molecule has 1 amide bonds. The molecule has 0 atom stereocenters. The summed E-state index contributed by atoms with van der Waals surface area (Å²) in [5, 5.41) is 2.95. The van der Waals surface area contributed by atoms with Crippen molar-refractivity contribution in [2.24, 2.45) is 0 Å². The van der Waals surface area contributed by atoms with E-state index in [1.54, 1.807) is 0 Å². The smallest absolute Gasteiger partial charge is 0.274 e. The van der Waals surface area contributed by atoms with Crippen molar-refractivity contribution in [2.75, 3.05) is 5.32 Å². The Balaban J connectivity index is 2.06. The topological polar surface area (TPSA) is 46.4 Å². The van der Waals surface area contributed by atoms with Gasteiger partial charge < -0.3 is 5.32 Å². The predicted octanol–water partition coefficient (Wildman–Crippen LogP) is 5.04. The third-order valence-corrected chi connectivity index (χ3v) is 4.72. The minimum absolute atomic E-state index is 0.183. The van der Waals surface area contributed by atoms with Crippen molar-refractivity contribution >= 4 is 49.1 Å². The number of amides is 1. The highest BCUT2D eigenvalue weighted by Crippen LogP contribution is 2.25. The van der Waals surface area contributed by atoms with Gasteiger partial charge in [0.05, 0.1) is 11.4 Å². The van der Waals surface area contributed by atoms with Gasteiger partial charge in [0, 0.05) is 15.1 Å². The molecule has 1 aromatic carbocycles. The normalized spacial score (nSPS) is 11.0. The average Bonchev–Trinajstić information content (AvgIpc) is 2.78. The molecule has 0 radical (unpaired) electrons. The van der Waals surface area contributed by atoms with Crippen molar-refractivity contribution < 1.29 is 4.79 Å². The molecule has 1 N–H and O–H groups in total. The van der Waals surface area contributed by atoms with Crippen LogP contribution in [0.4, 0.5) is 5.69 Å². The van der Waals surface area contributed by atoms with Crippen LogP contribution in [0.5, 0.6) is 0 Å². The highest BCUT2D eigenvalue weighted by atomic mass is 79.9. The number of pyridine rings is 1. The van der Waals surface area contributed by atoms with E-state index in [4.69, 9.17) is 0 Å². The summed E-state index contributed by atoms with van der Waals surface area (Å²) in [4.78, 5) is 17.3. The second-order valence-electron chi connectivity index (χ2n) is 5.52. The van der Waals surface area contributed by atoms with E-state index in [0.717, 1.165) is 31.4 Å². The van der Waals surface area contributed by atoms with Crippen LogP contribution < -0.4 is 5.32 Å². The molecule has 4 nitrogen and oxygen atoms in total. The third-order valence-electron chi connectivity index (χ3n) is 3.63. The maximum absolute atomic E-state index is 12.8. The third kappa shape index (κ3) is 3.05. The Morgan fingerprint density at radius 2 is 1.91 bits per heavy atom. The van der Waals surface area contributed by atoms with Gasteiger partial charge in [-0.15, -0.1) is 0 Å². The van der Waals surface area contributed by atoms with E-state index < -0.39 is 0 Å². The number of anilines is 1. The molecule has 3 rings (SSSR count). The summed E-state index contributed by atoms with van der Waals surface area (Å²) in [6, 6.07) is 7.80. The quantitative estimate of drug-likeness (QED) is 0.611. The predicted molar refractivity (Wildman–Crippen MR) is 99.2 cm³/mol. The van der Waals surface area contributed by atoms with E-state index in [1.165, 1.54) is 0 Å². The first-order chi connectivity index (χ1) is 10.9. The Morgan fingerprint density at radius 3 is 2.61 bits per heavy atom. The number of nitrogens with one attached hydrogen (secondary N) is 1. The number of carbonyl (C=O) groups is 1. The van der Waals surface area contributed by atoms with Crippen LogP contribution in [0.15, 0.2) is 39.4 Å². The van der Waals surface area contributed by atoms with Gasteiger partial charge >= 0.3 is 0 Å². The first kappa shape index (κ1) is 16.2. The molecule has 23 heavy (non-hydrogen) atoms. The van der Waals surface area contributed by atoms with Gasteiger partial charge in [0.25, 0.3) is 5.91 Å². The first-order valence-electron chi connectivity index (χ1n) is 7.09. The minimum atomic E-state index is -0.183. The summed E-state index contributed by atoms with van der Waals surface area (Å²) in [5.41, 5.74) is 4.91. The van der Waals surface area contributed by atoms with E-state index in [0.29, 0.717) is 11.4 Å². The Hall–Kier alpha value is -1.66. The van der Waals surface area contributed by atoms with Crippen LogP contribution in [-0.2, 0) is 0 Å². The summed E-state index contributed by atoms with van der Waals surface area (Å²) in [6.45, 7) is 5.83. The molecule has 118 valence electrons. The van der Waals surface area contributed by atoms with Crippen LogP contribution in [0.3, 0.4) is 0 Å². The van der Waals surface area contributed by atoms with Crippen molar-refractivity contribution in [2.45, 2.75) is 20.8 Å². The molecule has 0 saturated carbocycles. The zero-order valence-electron chi connectivity index (χ0n) is 12.9. The lowest BCUT2D eigenvalue weighted by Gasteiger charge is -2.09.